The minimum atomic E-state index is -4.59. The van der Waals surface area contributed by atoms with Gasteiger partial charge in [0.05, 0.1) is 16.4 Å². The lowest BCUT2D eigenvalue weighted by molar-refractivity contribution is -0.141. The van der Waals surface area contributed by atoms with Crippen molar-refractivity contribution in [3.8, 4) is 0 Å². The van der Waals surface area contributed by atoms with Crippen LogP contribution in [0.25, 0.3) is 0 Å². The first-order chi connectivity index (χ1) is 19.2. The van der Waals surface area contributed by atoms with Gasteiger partial charge in [-0.1, -0.05) is 32.9 Å². The van der Waals surface area contributed by atoms with E-state index in [0.29, 0.717) is 12.8 Å². The number of rotatable bonds is 9. The van der Waals surface area contributed by atoms with Crippen molar-refractivity contribution in [2.45, 2.75) is 88.0 Å². The number of nitrogens with zero attached hydrogens (tertiary/aromatic N) is 1. The van der Waals surface area contributed by atoms with Gasteiger partial charge in [-0.05, 0) is 49.8 Å². The Labute approximate surface area is 243 Å². The fourth-order valence-corrected chi connectivity index (χ4v) is 6.50. The molecule has 3 amide bonds. The fraction of sp³-hybridized carbons (Fsp3) is 0.607. The molecule has 0 spiro atoms. The molecule has 0 radical (unpaired) electrons. The first-order valence-electron chi connectivity index (χ1n) is 13.7. The summed E-state index contributed by atoms with van der Waals surface area (Å²) in [6, 6.07) is 2.10. The van der Waals surface area contributed by atoms with Crippen molar-refractivity contribution in [3.05, 3.63) is 42.5 Å². The summed E-state index contributed by atoms with van der Waals surface area (Å²) in [6.45, 7) is 10.1. The second-order valence-electron chi connectivity index (χ2n) is 12.8. The molecule has 0 aromatic heterocycles. The Morgan fingerprint density at radius 3 is 2.36 bits per heavy atom. The summed E-state index contributed by atoms with van der Waals surface area (Å²) in [7, 11) is -3.99. The third-order valence-electron chi connectivity index (χ3n) is 8.36. The quantitative estimate of drug-likeness (QED) is 0.313. The van der Waals surface area contributed by atoms with Crippen molar-refractivity contribution in [1.82, 2.24) is 14.9 Å². The molecule has 1 saturated heterocycles. The SMILES string of the molecule is C=CC1CC1(NC(=O)C1CC(O)CN1C(=O)C(Nc1cccc(C(F)(F)F)c1)C(C)(C)C)C(=O)NS(=O)(=O)C1(C)CC1. The Morgan fingerprint density at radius 1 is 1.19 bits per heavy atom. The number of β-amino-alcohol motifs (C(OH)–C–C–N with tert-alkyl or cyclic N) is 1. The highest BCUT2D eigenvalue weighted by Gasteiger charge is 2.63. The van der Waals surface area contributed by atoms with Crippen LogP contribution in [-0.2, 0) is 30.6 Å². The fourth-order valence-electron chi connectivity index (χ4n) is 5.19. The van der Waals surface area contributed by atoms with Crippen LogP contribution in [0.1, 0.15) is 58.9 Å². The van der Waals surface area contributed by atoms with Crippen molar-refractivity contribution < 1.29 is 41.1 Å². The number of hydrogen-bond acceptors (Lipinski definition) is 7. The van der Waals surface area contributed by atoms with Gasteiger partial charge < -0.3 is 20.6 Å². The van der Waals surface area contributed by atoms with Crippen LogP contribution in [0.4, 0.5) is 18.9 Å². The van der Waals surface area contributed by atoms with Gasteiger partial charge in [0.25, 0.3) is 5.91 Å². The van der Waals surface area contributed by atoms with Crippen molar-refractivity contribution in [3.63, 3.8) is 0 Å². The lowest BCUT2D eigenvalue weighted by atomic mass is 9.85. The van der Waals surface area contributed by atoms with E-state index in [9.17, 15) is 41.1 Å². The van der Waals surface area contributed by atoms with Crippen LogP contribution in [0.3, 0.4) is 0 Å². The Morgan fingerprint density at radius 2 is 1.83 bits per heavy atom. The summed E-state index contributed by atoms with van der Waals surface area (Å²) in [5.41, 5.74) is -3.27. The van der Waals surface area contributed by atoms with Crippen LogP contribution in [0.5, 0.6) is 0 Å². The van der Waals surface area contributed by atoms with Gasteiger partial charge >= 0.3 is 6.18 Å². The largest absolute Gasteiger partial charge is 0.416 e. The minimum absolute atomic E-state index is 0.0480. The van der Waals surface area contributed by atoms with Crippen molar-refractivity contribution in [1.29, 1.82) is 0 Å². The number of anilines is 1. The highest BCUT2D eigenvalue weighted by molar-refractivity contribution is 7.91. The molecule has 1 aromatic carbocycles. The Hall–Kier alpha value is -3.13. The van der Waals surface area contributed by atoms with Crippen LogP contribution < -0.4 is 15.4 Å². The van der Waals surface area contributed by atoms with Gasteiger partial charge in [0, 0.05) is 24.6 Å². The molecular formula is C28H37F3N4O6S. The van der Waals surface area contributed by atoms with E-state index in [1.807, 2.05) is 0 Å². The molecular weight excluding hydrogens is 577 g/mol. The van der Waals surface area contributed by atoms with E-state index in [0.717, 1.165) is 17.0 Å². The van der Waals surface area contributed by atoms with Crippen LogP contribution in [0.15, 0.2) is 36.9 Å². The van der Waals surface area contributed by atoms with E-state index in [-0.39, 0.29) is 25.1 Å². The van der Waals surface area contributed by atoms with Crippen LogP contribution in [-0.4, -0.2) is 71.2 Å². The molecule has 42 heavy (non-hydrogen) atoms. The summed E-state index contributed by atoms with van der Waals surface area (Å²) >= 11 is 0. The highest BCUT2D eigenvalue weighted by Crippen LogP contribution is 2.47. The molecule has 10 nitrogen and oxygen atoms in total. The average molecular weight is 615 g/mol. The van der Waals surface area contributed by atoms with Gasteiger partial charge in [-0.3, -0.25) is 19.1 Å². The number of carbonyl (C=O) groups is 3. The van der Waals surface area contributed by atoms with Gasteiger partial charge in [0.1, 0.15) is 17.6 Å². The zero-order chi connectivity index (χ0) is 31.5. The summed E-state index contributed by atoms with van der Waals surface area (Å²) in [5.74, 6) is -2.84. The first-order valence-corrected chi connectivity index (χ1v) is 15.2. The van der Waals surface area contributed by atoms with Gasteiger partial charge in [-0.25, -0.2) is 8.42 Å². The maximum atomic E-state index is 13.9. The highest BCUT2D eigenvalue weighted by atomic mass is 32.2. The van der Waals surface area contributed by atoms with E-state index in [2.05, 4.69) is 21.9 Å². The standard InChI is InChI=1S/C28H37F3N4O6S/c1-6-16-14-27(16,24(39)34-42(40,41)26(5)10-11-26)33-22(37)20-13-19(36)15-35(20)23(38)21(25(2,3)4)32-18-9-7-8-17(12-18)28(29,30)31/h6-9,12,16,19-21,32,36H,1,10-11,13-15H2,2-5H3,(H,33,37)(H,34,39). The number of benzene rings is 1. The molecule has 232 valence electrons. The monoisotopic (exact) mass is 614 g/mol. The number of aliphatic hydroxyl groups is 1. The lowest BCUT2D eigenvalue weighted by Crippen LogP contribution is -2.59. The number of likely N-dealkylation sites (tertiary alicyclic amines) is 1. The zero-order valence-corrected chi connectivity index (χ0v) is 24.7. The number of nitrogens with one attached hydrogen (secondary N) is 3. The molecule has 1 aromatic rings. The van der Waals surface area contributed by atoms with Crippen molar-refractivity contribution in [2.75, 3.05) is 11.9 Å². The Kier molecular flexibility index (Phi) is 7.98. The van der Waals surface area contributed by atoms with Gasteiger partial charge in [0.2, 0.25) is 21.8 Å². The first kappa shape index (κ1) is 31.8. The van der Waals surface area contributed by atoms with Crippen LogP contribution in [0, 0.1) is 11.3 Å². The molecule has 2 saturated carbocycles. The van der Waals surface area contributed by atoms with Crippen LogP contribution >= 0.6 is 0 Å². The van der Waals surface area contributed by atoms with Crippen LogP contribution in [0.2, 0.25) is 0 Å². The summed E-state index contributed by atoms with van der Waals surface area (Å²) in [5, 5.41) is 15.9. The van der Waals surface area contributed by atoms with E-state index >= 15 is 0 Å². The van der Waals surface area contributed by atoms with Gasteiger partial charge in [-0.2, -0.15) is 13.2 Å². The van der Waals surface area contributed by atoms with E-state index in [1.165, 1.54) is 25.1 Å². The minimum Gasteiger partial charge on any atom is -0.391 e. The molecule has 1 aliphatic heterocycles. The molecule has 4 rings (SSSR count). The van der Waals surface area contributed by atoms with Gasteiger partial charge in [-0.15, -0.1) is 6.58 Å². The Bertz CT molecular complexity index is 1390. The van der Waals surface area contributed by atoms with Crippen molar-refractivity contribution in [2.24, 2.45) is 11.3 Å². The van der Waals surface area contributed by atoms with E-state index < -0.39 is 79.3 Å². The molecule has 5 unspecified atom stereocenters. The normalized spacial score (nSPS) is 27.5. The molecule has 14 heteroatoms. The zero-order valence-electron chi connectivity index (χ0n) is 23.9. The summed E-state index contributed by atoms with van der Waals surface area (Å²) in [4.78, 5) is 41.8. The molecule has 4 N–H and O–H groups in total. The number of alkyl halides is 3. The predicted octanol–water partition coefficient (Wildman–Crippen LogP) is 2.55. The number of hydrogen-bond donors (Lipinski definition) is 4. The maximum absolute atomic E-state index is 13.9. The summed E-state index contributed by atoms with van der Waals surface area (Å²) in [6.07, 6.45) is -3.47. The number of sulfonamides is 1. The third-order valence-corrected chi connectivity index (χ3v) is 10.5. The third kappa shape index (κ3) is 6.14. The molecule has 5 atom stereocenters. The second-order valence-corrected chi connectivity index (χ2v) is 15.0. The average Bonchev–Trinajstić information content (AvgIpc) is 3.76. The topological polar surface area (TPSA) is 145 Å². The van der Waals surface area contributed by atoms with Gasteiger partial charge in [0.15, 0.2) is 0 Å². The summed E-state index contributed by atoms with van der Waals surface area (Å²) < 4.78 is 66.3. The number of amides is 3. The smallest absolute Gasteiger partial charge is 0.391 e. The Balaban J connectivity index is 1.55. The molecule has 2 aliphatic carbocycles. The number of halogens is 3. The molecule has 3 aliphatic rings. The second kappa shape index (κ2) is 10.5. The van der Waals surface area contributed by atoms with E-state index in [4.69, 9.17) is 0 Å². The molecule has 0 bridgehead atoms. The molecule has 1 heterocycles. The maximum Gasteiger partial charge on any atom is 0.416 e. The number of carbonyl (C=O) groups excluding carboxylic acids is 3. The predicted molar refractivity (Wildman–Crippen MR) is 148 cm³/mol. The molecule has 3 fully saturated rings. The lowest BCUT2D eigenvalue weighted by Gasteiger charge is -2.36. The number of aliphatic hydroxyl groups excluding tert-OH is 1. The van der Waals surface area contributed by atoms with Crippen molar-refractivity contribution >= 4 is 33.4 Å². The van der Waals surface area contributed by atoms with E-state index in [1.54, 1.807) is 20.8 Å².